The maximum atomic E-state index is 13.5. The van der Waals surface area contributed by atoms with Crippen molar-refractivity contribution in [1.29, 1.82) is 0 Å². The smallest absolute Gasteiger partial charge is 0.328 e. The topological polar surface area (TPSA) is 69.7 Å². The Balaban J connectivity index is 2.40. The van der Waals surface area contributed by atoms with Crippen molar-refractivity contribution in [2.75, 3.05) is 13.2 Å². The van der Waals surface area contributed by atoms with E-state index in [4.69, 9.17) is 9.47 Å². The van der Waals surface area contributed by atoms with Crippen LogP contribution in [-0.2, 0) is 29.3 Å². The van der Waals surface area contributed by atoms with Crippen molar-refractivity contribution in [1.82, 2.24) is 0 Å². The van der Waals surface area contributed by atoms with E-state index in [0.717, 1.165) is 24.8 Å². The minimum atomic E-state index is -1.54. The van der Waals surface area contributed by atoms with Crippen LogP contribution in [0.15, 0.2) is 30.3 Å². The van der Waals surface area contributed by atoms with E-state index in [1.54, 1.807) is 13.8 Å². The van der Waals surface area contributed by atoms with Crippen LogP contribution in [-0.4, -0.2) is 30.9 Å². The Bertz CT molecular complexity index is 617. The summed E-state index contributed by atoms with van der Waals surface area (Å²) >= 11 is 0. The van der Waals surface area contributed by atoms with Gasteiger partial charge in [0.25, 0.3) is 0 Å². The molecule has 1 fully saturated rings. The van der Waals surface area contributed by atoms with E-state index < -0.39 is 29.1 Å². The second-order valence-electron chi connectivity index (χ2n) is 7.00. The first-order valence-electron chi connectivity index (χ1n) is 9.37. The Labute approximate surface area is 155 Å². The predicted octanol–water partition coefficient (Wildman–Crippen LogP) is 3.45. The Morgan fingerprint density at radius 2 is 1.58 bits per heavy atom. The molecule has 26 heavy (non-hydrogen) atoms. The first-order valence-corrected chi connectivity index (χ1v) is 9.37. The maximum Gasteiger partial charge on any atom is 0.328 e. The van der Waals surface area contributed by atoms with E-state index in [2.05, 4.69) is 0 Å². The van der Waals surface area contributed by atoms with Gasteiger partial charge in [-0.05, 0) is 38.7 Å². The number of benzene rings is 1. The average Bonchev–Trinajstić information content (AvgIpc) is 2.59. The molecule has 0 aromatic heterocycles. The summed E-state index contributed by atoms with van der Waals surface area (Å²) < 4.78 is 10.0. The first-order chi connectivity index (χ1) is 12.4. The van der Waals surface area contributed by atoms with Crippen LogP contribution in [0.2, 0.25) is 0 Å². The van der Waals surface area contributed by atoms with Gasteiger partial charge in [-0.3, -0.25) is 14.4 Å². The highest BCUT2D eigenvalue weighted by molar-refractivity contribution is 6.18. The van der Waals surface area contributed by atoms with Gasteiger partial charge < -0.3 is 9.47 Å². The molecule has 0 spiro atoms. The van der Waals surface area contributed by atoms with Crippen LogP contribution in [0.25, 0.3) is 0 Å². The molecule has 2 rings (SSSR count). The lowest BCUT2D eigenvalue weighted by molar-refractivity contribution is -0.165. The average molecular weight is 360 g/mol. The van der Waals surface area contributed by atoms with Crippen LogP contribution in [0.1, 0.15) is 52.0 Å². The summed E-state index contributed by atoms with van der Waals surface area (Å²) in [5.41, 5.74) is -0.119. The van der Waals surface area contributed by atoms with Gasteiger partial charge in [-0.15, -0.1) is 0 Å². The van der Waals surface area contributed by atoms with Crippen molar-refractivity contribution < 1.29 is 23.9 Å². The number of rotatable bonds is 9. The number of Topliss-reactive ketones (excluding diaryl/α,β-unsaturated/α-hetero) is 1. The molecule has 1 aliphatic carbocycles. The number of carbonyl (C=O) groups is 3. The van der Waals surface area contributed by atoms with Gasteiger partial charge in [-0.2, -0.15) is 0 Å². The van der Waals surface area contributed by atoms with Gasteiger partial charge >= 0.3 is 11.9 Å². The SMILES string of the molecule is CCOC(=O)C(C(=O)OCC)C(=O)C(C)(CC1CCC1)c1ccccc1. The summed E-state index contributed by atoms with van der Waals surface area (Å²) in [7, 11) is 0. The maximum absolute atomic E-state index is 13.5. The molecule has 0 N–H and O–H groups in total. The zero-order chi connectivity index (χ0) is 19.2. The van der Waals surface area contributed by atoms with Crippen LogP contribution in [0.4, 0.5) is 0 Å². The molecular weight excluding hydrogens is 332 g/mol. The lowest BCUT2D eigenvalue weighted by Crippen LogP contribution is -2.46. The molecule has 1 atom stereocenters. The quantitative estimate of drug-likeness (QED) is 0.498. The lowest BCUT2D eigenvalue weighted by Gasteiger charge is -2.37. The second kappa shape index (κ2) is 8.97. The fourth-order valence-corrected chi connectivity index (χ4v) is 3.52. The zero-order valence-corrected chi connectivity index (χ0v) is 15.8. The fourth-order valence-electron chi connectivity index (χ4n) is 3.52. The lowest BCUT2D eigenvalue weighted by atomic mass is 9.65. The number of esters is 2. The van der Waals surface area contributed by atoms with Crippen molar-refractivity contribution >= 4 is 17.7 Å². The fraction of sp³-hybridized carbons (Fsp3) is 0.571. The van der Waals surface area contributed by atoms with Crippen molar-refractivity contribution in [3.05, 3.63) is 35.9 Å². The summed E-state index contributed by atoms with van der Waals surface area (Å²) in [5.74, 6) is -3.21. The Morgan fingerprint density at radius 3 is 2.00 bits per heavy atom. The number of carbonyl (C=O) groups excluding carboxylic acids is 3. The third-order valence-electron chi connectivity index (χ3n) is 5.18. The molecule has 0 bridgehead atoms. The molecule has 1 aromatic rings. The van der Waals surface area contributed by atoms with Gasteiger partial charge in [-0.1, -0.05) is 49.6 Å². The van der Waals surface area contributed by atoms with Gasteiger partial charge in [0.2, 0.25) is 5.92 Å². The second-order valence-corrected chi connectivity index (χ2v) is 7.00. The summed E-state index contributed by atoms with van der Waals surface area (Å²) in [6, 6.07) is 9.37. The minimum Gasteiger partial charge on any atom is -0.465 e. The monoisotopic (exact) mass is 360 g/mol. The van der Waals surface area contributed by atoms with Crippen LogP contribution >= 0.6 is 0 Å². The van der Waals surface area contributed by atoms with Gasteiger partial charge in [-0.25, -0.2) is 0 Å². The van der Waals surface area contributed by atoms with E-state index >= 15 is 0 Å². The minimum absolute atomic E-state index is 0.104. The molecular formula is C21H28O5. The first kappa shape index (κ1) is 20.1. The summed E-state index contributed by atoms with van der Waals surface area (Å²) in [6.45, 7) is 5.33. The van der Waals surface area contributed by atoms with E-state index in [0.29, 0.717) is 12.3 Å². The molecule has 0 saturated heterocycles. The predicted molar refractivity (Wildman–Crippen MR) is 97.5 cm³/mol. The largest absolute Gasteiger partial charge is 0.465 e. The molecule has 1 aromatic carbocycles. The van der Waals surface area contributed by atoms with Gasteiger partial charge in [0.1, 0.15) is 0 Å². The molecule has 142 valence electrons. The third-order valence-corrected chi connectivity index (χ3v) is 5.18. The Kier molecular flexibility index (Phi) is 6.95. The van der Waals surface area contributed by atoms with Gasteiger partial charge in [0, 0.05) is 0 Å². The molecule has 0 aliphatic heterocycles. The Hall–Kier alpha value is -2.17. The summed E-state index contributed by atoms with van der Waals surface area (Å²) in [4.78, 5) is 38.3. The molecule has 1 unspecified atom stereocenters. The number of ketones is 1. The van der Waals surface area contributed by atoms with Crippen LogP contribution in [0.5, 0.6) is 0 Å². The number of hydrogen-bond acceptors (Lipinski definition) is 5. The van der Waals surface area contributed by atoms with Crippen LogP contribution in [0.3, 0.4) is 0 Å². The highest BCUT2D eigenvalue weighted by atomic mass is 16.6. The summed E-state index contributed by atoms with van der Waals surface area (Å²) in [5, 5.41) is 0. The highest BCUT2D eigenvalue weighted by Crippen LogP contribution is 2.41. The molecule has 1 saturated carbocycles. The van der Waals surface area contributed by atoms with Gasteiger partial charge in [0.15, 0.2) is 5.78 Å². The highest BCUT2D eigenvalue weighted by Gasteiger charge is 2.48. The van der Waals surface area contributed by atoms with Crippen molar-refractivity contribution in [2.45, 2.75) is 51.9 Å². The molecule has 5 heteroatoms. The van der Waals surface area contributed by atoms with Crippen molar-refractivity contribution in [2.24, 2.45) is 11.8 Å². The molecule has 5 nitrogen and oxygen atoms in total. The normalized spacial score (nSPS) is 16.5. The molecule has 0 heterocycles. The Morgan fingerprint density at radius 1 is 1.04 bits per heavy atom. The van der Waals surface area contributed by atoms with E-state index in [9.17, 15) is 14.4 Å². The third kappa shape index (κ3) is 4.32. The zero-order valence-electron chi connectivity index (χ0n) is 15.8. The van der Waals surface area contributed by atoms with E-state index in [1.807, 2.05) is 37.3 Å². The molecule has 0 amide bonds. The van der Waals surface area contributed by atoms with E-state index in [1.165, 1.54) is 0 Å². The summed E-state index contributed by atoms with van der Waals surface area (Å²) in [6.07, 6.45) is 3.91. The number of ether oxygens (including phenoxy) is 2. The molecule has 0 radical (unpaired) electrons. The van der Waals surface area contributed by atoms with Crippen molar-refractivity contribution in [3.8, 4) is 0 Å². The standard InChI is InChI=1S/C21H28O5/c1-4-25-19(23)17(20(24)26-5-2)18(22)21(3,14-15-10-9-11-15)16-12-7-6-8-13-16/h6-8,12-13,15,17H,4-5,9-11,14H2,1-3H3. The van der Waals surface area contributed by atoms with Crippen molar-refractivity contribution in [3.63, 3.8) is 0 Å². The molecule has 1 aliphatic rings. The van der Waals surface area contributed by atoms with Gasteiger partial charge in [0.05, 0.1) is 18.6 Å². The van der Waals surface area contributed by atoms with E-state index in [-0.39, 0.29) is 13.2 Å². The van der Waals surface area contributed by atoms with Crippen LogP contribution in [0, 0.1) is 11.8 Å². The number of hydrogen-bond donors (Lipinski definition) is 0. The van der Waals surface area contributed by atoms with Crippen LogP contribution < -0.4 is 0 Å².